The molecule has 0 saturated carbocycles. The number of carbonyl (C=O) groups is 1. The number of amides is 1. The van der Waals surface area contributed by atoms with Gasteiger partial charge in [-0.1, -0.05) is 13.0 Å². The van der Waals surface area contributed by atoms with Crippen LogP contribution in [0.3, 0.4) is 0 Å². The Morgan fingerprint density at radius 1 is 1.35 bits per heavy atom. The Morgan fingerprint density at radius 3 is 2.61 bits per heavy atom. The van der Waals surface area contributed by atoms with E-state index >= 15 is 0 Å². The molecule has 1 aromatic heterocycles. The minimum atomic E-state index is -4.68. The summed E-state index contributed by atoms with van der Waals surface area (Å²) in [5.74, 6) is -0.544. The molecule has 0 spiro atoms. The molecule has 3 atom stereocenters. The van der Waals surface area contributed by atoms with E-state index < -0.39 is 29.1 Å². The first-order valence-electron chi connectivity index (χ1n) is 9.70. The SMILES string of the molecule is COc1ccc(C(=O)NC2=CCC(C)C(C3(C)COC(C)(C(F)(F)F)C(N)=N3)=C2)nc1. The molecule has 1 aliphatic carbocycles. The quantitative estimate of drug-likeness (QED) is 0.753. The van der Waals surface area contributed by atoms with Crippen molar-refractivity contribution in [3.63, 3.8) is 0 Å². The highest BCUT2D eigenvalue weighted by molar-refractivity contribution is 5.94. The van der Waals surface area contributed by atoms with Gasteiger partial charge in [0.15, 0.2) is 0 Å². The van der Waals surface area contributed by atoms with E-state index in [9.17, 15) is 18.0 Å². The van der Waals surface area contributed by atoms with E-state index in [1.807, 2.05) is 13.0 Å². The van der Waals surface area contributed by atoms with Crippen LogP contribution in [0.2, 0.25) is 0 Å². The zero-order chi connectivity index (χ0) is 23.0. The minimum absolute atomic E-state index is 0.0276. The predicted molar refractivity (Wildman–Crippen MR) is 109 cm³/mol. The van der Waals surface area contributed by atoms with Crippen molar-refractivity contribution in [2.24, 2.45) is 16.6 Å². The highest BCUT2D eigenvalue weighted by atomic mass is 19.4. The van der Waals surface area contributed by atoms with Gasteiger partial charge in [0.2, 0.25) is 5.60 Å². The minimum Gasteiger partial charge on any atom is -0.495 e. The summed E-state index contributed by atoms with van der Waals surface area (Å²) in [5.41, 5.74) is 3.43. The van der Waals surface area contributed by atoms with E-state index in [4.69, 9.17) is 15.2 Å². The lowest BCUT2D eigenvalue weighted by molar-refractivity contribution is -0.248. The zero-order valence-electron chi connectivity index (χ0n) is 17.7. The first-order valence-corrected chi connectivity index (χ1v) is 9.70. The molecule has 31 heavy (non-hydrogen) atoms. The summed E-state index contributed by atoms with van der Waals surface area (Å²) in [7, 11) is 1.50. The van der Waals surface area contributed by atoms with E-state index in [1.165, 1.54) is 19.4 Å². The van der Waals surface area contributed by atoms with Crippen LogP contribution in [0, 0.1) is 5.92 Å². The summed E-state index contributed by atoms with van der Waals surface area (Å²) < 4.78 is 50.4. The Labute approximate surface area is 178 Å². The molecule has 0 saturated heterocycles. The van der Waals surface area contributed by atoms with E-state index in [0.717, 1.165) is 12.5 Å². The van der Waals surface area contributed by atoms with Gasteiger partial charge in [0.1, 0.15) is 22.8 Å². The number of amidine groups is 1. The first-order chi connectivity index (χ1) is 14.4. The van der Waals surface area contributed by atoms with Crippen LogP contribution < -0.4 is 15.8 Å². The molecule has 2 heterocycles. The largest absolute Gasteiger partial charge is 0.495 e. The number of hydrogen-bond acceptors (Lipinski definition) is 6. The molecule has 0 aromatic carbocycles. The number of nitrogens with two attached hydrogens (primary N) is 1. The van der Waals surface area contributed by atoms with Crippen LogP contribution >= 0.6 is 0 Å². The highest BCUT2D eigenvalue weighted by Crippen LogP contribution is 2.42. The third-order valence-electron chi connectivity index (χ3n) is 5.66. The van der Waals surface area contributed by atoms with E-state index in [-0.39, 0.29) is 18.2 Å². The van der Waals surface area contributed by atoms with E-state index in [1.54, 1.807) is 19.1 Å². The molecule has 3 unspecified atom stereocenters. The average molecular weight is 438 g/mol. The molecule has 0 bridgehead atoms. The Balaban J connectivity index is 1.84. The average Bonchev–Trinajstić information content (AvgIpc) is 2.71. The van der Waals surface area contributed by atoms with Crippen molar-refractivity contribution in [2.45, 2.75) is 44.5 Å². The Kier molecular flexibility index (Phi) is 5.88. The van der Waals surface area contributed by atoms with Crippen LogP contribution in [-0.2, 0) is 4.74 Å². The van der Waals surface area contributed by atoms with Crippen molar-refractivity contribution in [2.75, 3.05) is 13.7 Å². The van der Waals surface area contributed by atoms with Gasteiger partial charge in [-0.15, -0.1) is 0 Å². The molecule has 2 aliphatic rings. The normalized spacial score (nSPS) is 28.9. The fourth-order valence-corrected chi connectivity index (χ4v) is 3.54. The van der Waals surface area contributed by atoms with Crippen LogP contribution in [-0.4, -0.2) is 47.8 Å². The molecular formula is C21H25F3N4O3. The van der Waals surface area contributed by atoms with Crippen LogP contribution in [0.15, 0.2) is 46.7 Å². The van der Waals surface area contributed by atoms with Crippen LogP contribution in [0.4, 0.5) is 13.2 Å². The van der Waals surface area contributed by atoms with Gasteiger partial charge in [-0.2, -0.15) is 13.2 Å². The Morgan fingerprint density at radius 2 is 2.06 bits per heavy atom. The monoisotopic (exact) mass is 438 g/mol. The second kappa shape index (κ2) is 7.99. The number of methoxy groups -OCH3 is 1. The number of nitrogens with one attached hydrogen (secondary N) is 1. The summed E-state index contributed by atoms with van der Waals surface area (Å²) in [6.07, 6.45) is 0.877. The first kappa shape index (κ1) is 22.8. The van der Waals surface area contributed by atoms with Gasteiger partial charge in [0.25, 0.3) is 5.91 Å². The molecule has 1 aromatic rings. The number of hydrogen-bond donors (Lipinski definition) is 2. The van der Waals surface area contributed by atoms with Crippen LogP contribution in [0.5, 0.6) is 5.75 Å². The number of ether oxygens (including phenoxy) is 2. The van der Waals surface area contributed by atoms with Gasteiger partial charge in [0.05, 0.1) is 19.9 Å². The van der Waals surface area contributed by atoms with Gasteiger partial charge in [-0.3, -0.25) is 9.79 Å². The second-order valence-corrected chi connectivity index (χ2v) is 8.02. The van der Waals surface area contributed by atoms with Gasteiger partial charge < -0.3 is 20.5 Å². The number of aliphatic imine (C=N–C) groups is 1. The number of carbonyl (C=O) groups excluding carboxylic acids is 1. The fourth-order valence-electron chi connectivity index (χ4n) is 3.54. The van der Waals surface area contributed by atoms with Crippen molar-refractivity contribution in [3.8, 4) is 5.75 Å². The van der Waals surface area contributed by atoms with Gasteiger partial charge in [-0.05, 0) is 50.0 Å². The third-order valence-corrected chi connectivity index (χ3v) is 5.66. The molecular weight excluding hydrogens is 413 g/mol. The highest BCUT2D eigenvalue weighted by Gasteiger charge is 2.59. The molecule has 10 heteroatoms. The van der Waals surface area contributed by atoms with Gasteiger partial charge >= 0.3 is 6.18 Å². The molecule has 168 valence electrons. The lowest BCUT2D eigenvalue weighted by Crippen LogP contribution is -2.61. The van der Waals surface area contributed by atoms with Crippen molar-refractivity contribution >= 4 is 11.7 Å². The topological polar surface area (TPSA) is 98.8 Å². The summed E-state index contributed by atoms with van der Waals surface area (Å²) in [5, 5.41) is 2.77. The van der Waals surface area contributed by atoms with Crippen molar-refractivity contribution in [3.05, 3.63) is 47.4 Å². The van der Waals surface area contributed by atoms with Crippen molar-refractivity contribution in [1.82, 2.24) is 10.3 Å². The summed E-state index contributed by atoms with van der Waals surface area (Å²) in [6, 6.07) is 3.15. The number of alkyl halides is 3. The molecule has 7 nitrogen and oxygen atoms in total. The number of rotatable bonds is 4. The zero-order valence-corrected chi connectivity index (χ0v) is 17.7. The standard InChI is InChI=1S/C21H25F3N4O3/c1-12-5-6-13(27-17(29)16-8-7-14(30-4)10-26-16)9-15(12)19(2)11-31-20(3,18(25)28-19)21(22,23)24/h6-10,12H,5,11H2,1-4H3,(H2,25,28)(H,27,29). The van der Waals surface area contributed by atoms with Crippen LogP contribution in [0.25, 0.3) is 0 Å². The maximum atomic E-state index is 13.4. The smallest absolute Gasteiger partial charge is 0.424 e. The molecule has 1 aliphatic heterocycles. The lowest BCUT2D eigenvalue weighted by Gasteiger charge is -2.43. The number of aromatic nitrogens is 1. The second-order valence-electron chi connectivity index (χ2n) is 8.02. The maximum absolute atomic E-state index is 13.4. The van der Waals surface area contributed by atoms with E-state index in [2.05, 4.69) is 15.3 Å². The molecule has 0 fully saturated rings. The summed E-state index contributed by atoms with van der Waals surface area (Å²) in [4.78, 5) is 20.8. The van der Waals surface area contributed by atoms with Crippen LogP contribution in [0.1, 0.15) is 37.7 Å². The fraction of sp³-hybridized carbons (Fsp3) is 0.476. The number of nitrogens with zero attached hydrogens (tertiary/aromatic N) is 2. The molecule has 0 radical (unpaired) electrons. The summed E-state index contributed by atoms with van der Waals surface area (Å²) in [6.45, 7) is 4.19. The van der Waals surface area contributed by atoms with Gasteiger partial charge in [-0.25, -0.2) is 4.98 Å². The molecule has 3 rings (SSSR count). The summed E-state index contributed by atoms with van der Waals surface area (Å²) >= 11 is 0. The lowest BCUT2D eigenvalue weighted by atomic mass is 9.78. The number of pyridine rings is 1. The molecule has 1 amide bonds. The third kappa shape index (κ3) is 4.30. The Bertz CT molecular complexity index is 956. The predicted octanol–water partition coefficient (Wildman–Crippen LogP) is 3.14. The van der Waals surface area contributed by atoms with Crippen molar-refractivity contribution < 1.29 is 27.4 Å². The number of halogens is 3. The number of allylic oxidation sites excluding steroid dienone is 2. The van der Waals surface area contributed by atoms with Gasteiger partial charge in [0, 0.05) is 5.70 Å². The molecule has 3 N–H and O–H groups in total. The van der Waals surface area contributed by atoms with E-state index in [0.29, 0.717) is 17.9 Å². The Hall–Kier alpha value is -2.88. The maximum Gasteiger partial charge on any atom is 0.424 e. The van der Waals surface area contributed by atoms with Crippen molar-refractivity contribution in [1.29, 1.82) is 0 Å².